The molecule has 2 heteroatoms. The predicted molar refractivity (Wildman–Crippen MR) is 48.4 cm³/mol. The maximum Gasteiger partial charge on any atom is 0.0742 e. The molecule has 0 radical (unpaired) electrons. The van der Waals surface area contributed by atoms with E-state index < -0.39 is 0 Å². The quantitative estimate of drug-likeness (QED) is 0.541. The van der Waals surface area contributed by atoms with E-state index >= 15 is 0 Å². The minimum atomic E-state index is 0.292. The number of halogens is 1. The van der Waals surface area contributed by atoms with Crippen LogP contribution < -0.4 is 5.32 Å². The molecule has 0 aromatic rings. The maximum atomic E-state index is 3.74. The summed E-state index contributed by atoms with van der Waals surface area (Å²) >= 11 is 3.74. The van der Waals surface area contributed by atoms with Gasteiger partial charge in [-0.25, -0.2) is 0 Å². The van der Waals surface area contributed by atoms with Gasteiger partial charge >= 0.3 is 0 Å². The highest BCUT2D eigenvalue weighted by atomic mass is 79.9. The Hall–Kier alpha value is 0.440. The van der Waals surface area contributed by atoms with Gasteiger partial charge < -0.3 is 5.32 Å². The van der Waals surface area contributed by atoms with Gasteiger partial charge in [-0.1, -0.05) is 42.1 Å². The molecule has 1 saturated carbocycles. The zero-order valence-electron chi connectivity index (χ0n) is 6.62. The summed E-state index contributed by atoms with van der Waals surface area (Å²) in [6.07, 6.45) is 6.75. The summed E-state index contributed by atoms with van der Waals surface area (Å²) in [5, 5.41) is 3.48. The lowest BCUT2D eigenvalue weighted by atomic mass is 9.95. The van der Waals surface area contributed by atoms with Crippen LogP contribution in [0.2, 0.25) is 0 Å². The number of rotatable bonds is 2. The van der Waals surface area contributed by atoms with Crippen LogP contribution in [0.25, 0.3) is 0 Å². The topological polar surface area (TPSA) is 12.0 Å². The highest BCUT2D eigenvalue weighted by Crippen LogP contribution is 2.32. The average Bonchev–Trinajstić information content (AvgIpc) is 1.89. The van der Waals surface area contributed by atoms with Crippen molar-refractivity contribution in [2.45, 2.75) is 43.5 Å². The molecule has 1 aliphatic rings. The second-order valence-electron chi connectivity index (χ2n) is 3.06. The molecule has 0 heterocycles. The monoisotopic (exact) mass is 205 g/mol. The van der Waals surface area contributed by atoms with Gasteiger partial charge in [-0.3, -0.25) is 0 Å². The van der Waals surface area contributed by atoms with Crippen LogP contribution in [0.15, 0.2) is 0 Å². The van der Waals surface area contributed by atoms with E-state index in [-0.39, 0.29) is 0 Å². The molecule has 0 aliphatic heterocycles. The van der Waals surface area contributed by atoms with Gasteiger partial charge in [0, 0.05) is 0 Å². The lowest BCUT2D eigenvalue weighted by molar-refractivity contribution is 0.352. The fraction of sp³-hybridized carbons (Fsp3) is 1.00. The van der Waals surface area contributed by atoms with E-state index in [1.807, 2.05) is 0 Å². The van der Waals surface area contributed by atoms with E-state index in [1.54, 1.807) is 0 Å². The Morgan fingerprint density at radius 1 is 1.30 bits per heavy atom. The summed E-state index contributed by atoms with van der Waals surface area (Å²) in [6.45, 7) is 3.24. The summed E-state index contributed by atoms with van der Waals surface area (Å²) in [6, 6.07) is 0. The van der Waals surface area contributed by atoms with Crippen molar-refractivity contribution in [3.8, 4) is 0 Å². The molecule has 0 aromatic heterocycles. The lowest BCUT2D eigenvalue weighted by Crippen LogP contribution is -2.40. The second kappa shape index (κ2) is 3.72. The van der Waals surface area contributed by atoms with Crippen molar-refractivity contribution in [3.05, 3.63) is 0 Å². The van der Waals surface area contributed by atoms with E-state index in [1.165, 1.54) is 32.1 Å². The van der Waals surface area contributed by atoms with E-state index in [0.717, 1.165) is 6.54 Å². The molecule has 0 amide bonds. The van der Waals surface area contributed by atoms with Gasteiger partial charge in [-0.15, -0.1) is 0 Å². The summed E-state index contributed by atoms with van der Waals surface area (Å²) in [7, 11) is 0. The molecule has 0 unspecified atom stereocenters. The van der Waals surface area contributed by atoms with Crippen molar-refractivity contribution in [3.63, 3.8) is 0 Å². The molecule has 0 aromatic carbocycles. The van der Waals surface area contributed by atoms with Gasteiger partial charge in [0.2, 0.25) is 0 Å². The van der Waals surface area contributed by atoms with Crippen LogP contribution >= 0.6 is 15.9 Å². The van der Waals surface area contributed by atoms with Gasteiger partial charge in [-0.05, 0) is 19.4 Å². The summed E-state index contributed by atoms with van der Waals surface area (Å²) in [4.78, 5) is 0. The zero-order chi connectivity index (χ0) is 7.45. The highest BCUT2D eigenvalue weighted by molar-refractivity contribution is 9.10. The molecule has 0 saturated heterocycles. The van der Waals surface area contributed by atoms with Crippen molar-refractivity contribution >= 4 is 15.9 Å². The van der Waals surface area contributed by atoms with Crippen molar-refractivity contribution < 1.29 is 0 Å². The summed E-state index contributed by atoms with van der Waals surface area (Å²) in [5.41, 5.74) is 0. The standard InChI is InChI=1S/C8H16BrN/c1-2-10-8(9)6-4-3-5-7-8/h10H,2-7H2,1H3. The van der Waals surface area contributed by atoms with Crippen molar-refractivity contribution in [1.82, 2.24) is 5.32 Å². The van der Waals surface area contributed by atoms with Crippen LogP contribution in [-0.4, -0.2) is 11.0 Å². The zero-order valence-corrected chi connectivity index (χ0v) is 8.21. The molecule has 10 heavy (non-hydrogen) atoms. The van der Waals surface area contributed by atoms with Crippen molar-refractivity contribution in [2.75, 3.05) is 6.54 Å². The molecule has 1 rings (SSSR count). The Labute approximate surface area is 71.7 Å². The largest absolute Gasteiger partial charge is 0.303 e. The molecule has 0 bridgehead atoms. The van der Waals surface area contributed by atoms with E-state index in [9.17, 15) is 0 Å². The first-order chi connectivity index (χ1) is 4.77. The first-order valence-electron chi connectivity index (χ1n) is 4.21. The van der Waals surface area contributed by atoms with Gasteiger partial charge in [0.15, 0.2) is 0 Å². The van der Waals surface area contributed by atoms with Crippen LogP contribution in [0.5, 0.6) is 0 Å². The fourth-order valence-electron chi connectivity index (χ4n) is 1.61. The number of nitrogens with one attached hydrogen (secondary N) is 1. The van der Waals surface area contributed by atoms with Gasteiger partial charge in [0.1, 0.15) is 0 Å². The minimum Gasteiger partial charge on any atom is -0.303 e. The van der Waals surface area contributed by atoms with Gasteiger partial charge in [-0.2, -0.15) is 0 Å². The molecule has 60 valence electrons. The normalized spacial score (nSPS) is 24.6. The minimum absolute atomic E-state index is 0.292. The Bertz CT molecular complexity index is 91.9. The third kappa shape index (κ3) is 2.24. The SMILES string of the molecule is CCNC1(Br)CCCCC1. The van der Waals surface area contributed by atoms with Gasteiger partial charge in [0.25, 0.3) is 0 Å². The lowest BCUT2D eigenvalue weighted by Gasteiger charge is -2.32. The molecule has 1 nitrogen and oxygen atoms in total. The van der Waals surface area contributed by atoms with Gasteiger partial charge in [0.05, 0.1) is 4.45 Å². The molecule has 1 fully saturated rings. The van der Waals surface area contributed by atoms with Crippen LogP contribution in [-0.2, 0) is 0 Å². The number of hydrogen-bond acceptors (Lipinski definition) is 1. The molecule has 1 N–H and O–H groups in total. The van der Waals surface area contributed by atoms with Crippen molar-refractivity contribution in [2.24, 2.45) is 0 Å². The molecular weight excluding hydrogens is 190 g/mol. The number of hydrogen-bond donors (Lipinski definition) is 1. The Morgan fingerprint density at radius 3 is 2.40 bits per heavy atom. The maximum absolute atomic E-state index is 3.74. The Balaban J connectivity index is 2.32. The van der Waals surface area contributed by atoms with Crippen LogP contribution in [0.4, 0.5) is 0 Å². The van der Waals surface area contributed by atoms with Crippen molar-refractivity contribution in [1.29, 1.82) is 0 Å². The molecule has 0 spiro atoms. The number of alkyl halides is 1. The van der Waals surface area contributed by atoms with Crippen LogP contribution in [0.1, 0.15) is 39.0 Å². The first kappa shape index (κ1) is 8.54. The fourth-order valence-corrected chi connectivity index (χ4v) is 2.45. The van der Waals surface area contributed by atoms with E-state index in [4.69, 9.17) is 0 Å². The van der Waals surface area contributed by atoms with Crippen LogP contribution in [0.3, 0.4) is 0 Å². The summed E-state index contributed by atoms with van der Waals surface area (Å²) in [5.74, 6) is 0. The highest BCUT2D eigenvalue weighted by Gasteiger charge is 2.26. The third-order valence-corrected chi connectivity index (χ3v) is 3.21. The second-order valence-corrected chi connectivity index (χ2v) is 4.57. The summed E-state index contributed by atoms with van der Waals surface area (Å²) < 4.78 is 0.292. The third-order valence-electron chi connectivity index (χ3n) is 2.14. The average molecular weight is 206 g/mol. The molecule has 0 atom stereocenters. The smallest absolute Gasteiger partial charge is 0.0742 e. The Morgan fingerprint density at radius 2 is 1.90 bits per heavy atom. The van der Waals surface area contributed by atoms with Crippen LogP contribution in [0, 0.1) is 0 Å². The van der Waals surface area contributed by atoms with E-state index in [0.29, 0.717) is 4.45 Å². The molecular formula is C8H16BrN. The van der Waals surface area contributed by atoms with E-state index in [2.05, 4.69) is 28.2 Å². The Kier molecular flexibility index (Phi) is 3.18. The first-order valence-corrected chi connectivity index (χ1v) is 5.00. The predicted octanol–water partition coefficient (Wildman–Crippen LogP) is 2.65. The molecule has 1 aliphatic carbocycles.